The Hall–Kier alpha value is -1.93. The van der Waals surface area contributed by atoms with E-state index in [9.17, 15) is 40.5 Å². The standard InChI is InChI=1S/C74H139NO10/c1-3-5-7-9-11-13-15-17-19-21-23-25-27-29-31-33-34-36-38-40-42-44-46-48-50-52-54-56-58-60-62-67(78)73(83)75-65(64-84-74-72(82)71(81)70(80)68(63-76)85-74)69(79)66(77)61-59-57-55-53-51-49-47-45-43-41-39-37-35-32-30-28-26-24-22-20-18-16-14-12-10-8-6-4-2/h29,31,37,39,45,47,53,55,65-72,74,76-82H,3-28,30,32-36,38,40-44,46,48-52,54,56-64H2,1-2H3,(H,75,83)/b31-29-,39-37+,47-45+,55-53+. The third kappa shape index (κ3) is 49.5. The van der Waals surface area contributed by atoms with E-state index in [0.717, 1.165) is 44.9 Å². The van der Waals surface area contributed by atoms with Crippen molar-refractivity contribution in [3.63, 3.8) is 0 Å². The van der Waals surface area contributed by atoms with E-state index >= 15 is 0 Å². The summed E-state index contributed by atoms with van der Waals surface area (Å²) in [5.74, 6) is -0.708. The molecule has 0 spiro atoms. The lowest BCUT2D eigenvalue weighted by molar-refractivity contribution is -0.303. The molecule has 0 aromatic carbocycles. The van der Waals surface area contributed by atoms with Crippen LogP contribution in [0.1, 0.15) is 348 Å². The molecule has 0 bridgehead atoms. The maximum absolute atomic E-state index is 13.3. The van der Waals surface area contributed by atoms with Gasteiger partial charge in [-0.25, -0.2) is 0 Å². The van der Waals surface area contributed by atoms with Crippen LogP contribution in [0.25, 0.3) is 0 Å². The first kappa shape index (κ1) is 81.1. The number of hydrogen-bond acceptors (Lipinski definition) is 10. The number of aliphatic hydroxyl groups excluding tert-OH is 7. The second-order valence-corrected chi connectivity index (χ2v) is 25.6. The summed E-state index contributed by atoms with van der Waals surface area (Å²) in [4.78, 5) is 13.3. The maximum atomic E-state index is 13.3. The molecule has 0 radical (unpaired) electrons. The topological polar surface area (TPSA) is 189 Å². The first-order chi connectivity index (χ1) is 41.7. The lowest BCUT2D eigenvalue weighted by Gasteiger charge is -2.40. The van der Waals surface area contributed by atoms with Gasteiger partial charge < -0.3 is 50.5 Å². The molecular weight excluding hydrogens is 1060 g/mol. The van der Waals surface area contributed by atoms with Gasteiger partial charge in [-0.2, -0.15) is 0 Å². The molecule has 1 saturated heterocycles. The number of carbonyl (C=O) groups excluding carboxylic acids is 1. The van der Waals surface area contributed by atoms with Gasteiger partial charge in [-0.15, -0.1) is 0 Å². The zero-order chi connectivity index (χ0) is 61.7. The number of ether oxygens (including phenoxy) is 2. The van der Waals surface area contributed by atoms with Crippen molar-refractivity contribution in [1.29, 1.82) is 0 Å². The van der Waals surface area contributed by atoms with Gasteiger partial charge in [-0.1, -0.05) is 306 Å². The first-order valence-corrected chi connectivity index (χ1v) is 36.5. The minimum absolute atomic E-state index is 0.241. The number of allylic oxidation sites excluding steroid dienone is 8. The zero-order valence-corrected chi connectivity index (χ0v) is 55.4. The quantitative estimate of drug-likeness (QED) is 0.0215. The average molecular weight is 1200 g/mol. The highest BCUT2D eigenvalue weighted by Crippen LogP contribution is 2.24. The summed E-state index contributed by atoms with van der Waals surface area (Å²) in [5.41, 5.74) is 0. The summed E-state index contributed by atoms with van der Waals surface area (Å²) < 4.78 is 11.2. The van der Waals surface area contributed by atoms with E-state index in [1.807, 2.05) is 0 Å². The highest BCUT2D eigenvalue weighted by molar-refractivity contribution is 5.80. The van der Waals surface area contributed by atoms with Crippen LogP contribution in [0.2, 0.25) is 0 Å². The highest BCUT2D eigenvalue weighted by Gasteiger charge is 2.44. The number of rotatable bonds is 64. The van der Waals surface area contributed by atoms with Crippen molar-refractivity contribution in [3.05, 3.63) is 48.6 Å². The SMILES string of the molecule is CCCCCCCCCCCCCC/C=C\CCCCCCCCCCCCCCCCC(O)C(=O)NC(COC1OC(CO)C(O)C(O)C1O)C(O)C(O)CCC/C=C/CC/C=C/CC/C=C/CCCCCCCCCCCCCCCCC. The van der Waals surface area contributed by atoms with Gasteiger partial charge in [0.15, 0.2) is 6.29 Å². The lowest BCUT2D eigenvalue weighted by atomic mass is 9.98. The molecule has 11 nitrogen and oxygen atoms in total. The van der Waals surface area contributed by atoms with Crippen molar-refractivity contribution >= 4 is 5.91 Å². The third-order valence-corrected chi connectivity index (χ3v) is 17.6. The Kier molecular flexibility index (Phi) is 59.4. The molecule has 1 amide bonds. The van der Waals surface area contributed by atoms with Gasteiger partial charge in [0, 0.05) is 0 Å². The van der Waals surface area contributed by atoms with E-state index in [2.05, 4.69) is 67.8 Å². The van der Waals surface area contributed by atoms with Crippen molar-refractivity contribution in [2.75, 3.05) is 13.2 Å². The van der Waals surface area contributed by atoms with Crippen LogP contribution in [0.15, 0.2) is 48.6 Å². The molecule has 1 aliphatic heterocycles. The molecule has 11 heteroatoms. The van der Waals surface area contributed by atoms with Crippen LogP contribution < -0.4 is 5.32 Å². The summed E-state index contributed by atoms with van der Waals surface area (Å²) in [7, 11) is 0. The van der Waals surface area contributed by atoms with E-state index in [1.165, 1.54) is 257 Å². The fourth-order valence-corrected chi connectivity index (χ4v) is 11.7. The molecule has 1 heterocycles. The second-order valence-electron chi connectivity index (χ2n) is 25.6. The molecule has 9 atom stereocenters. The average Bonchev–Trinajstić information content (AvgIpc) is 3.51. The Bertz CT molecular complexity index is 1520. The van der Waals surface area contributed by atoms with Gasteiger partial charge in [-0.3, -0.25) is 4.79 Å². The molecule has 0 aliphatic carbocycles. The van der Waals surface area contributed by atoms with E-state index in [0.29, 0.717) is 19.3 Å². The summed E-state index contributed by atoms with van der Waals surface area (Å²) in [5, 5.41) is 76.5. The minimum Gasteiger partial charge on any atom is -0.394 e. The Morgan fingerprint density at radius 2 is 0.706 bits per heavy atom. The Morgan fingerprint density at radius 1 is 0.400 bits per heavy atom. The van der Waals surface area contributed by atoms with E-state index in [-0.39, 0.29) is 12.8 Å². The van der Waals surface area contributed by atoms with Crippen molar-refractivity contribution < 1.29 is 50.0 Å². The molecule has 0 aromatic heterocycles. The van der Waals surface area contributed by atoms with Crippen LogP contribution in [0.5, 0.6) is 0 Å². The van der Waals surface area contributed by atoms with Crippen molar-refractivity contribution in [3.8, 4) is 0 Å². The van der Waals surface area contributed by atoms with Gasteiger partial charge >= 0.3 is 0 Å². The normalized spacial score (nSPS) is 19.1. The van der Waals surface area contributed by atoms with Gasteiger partial charge in [0.2, 0.25) is 5.91 Å². The Morgan fingerprint density at radius 3 is 1.05 bits per heavy atom. The second kappa shape index (κ2) is 62.3. The van der Waals surface area contributed by atoms with Crippen LogP contribution in [-0.4, -0.2) is 110 Å². The molecule has 1 aliphatic rings. The molecule has 9 unspecified atom stereocenters. The van der Waals surface area contributed by atoms with Crippen LogP contribution >= 0.6 is 0 Å². The largest absolute Gasteiger partial charge is 0.394 e. The molecule has 85 heavy (non-hydrogen) atoms. The van der Waals surface area contributed by atoms with Crippen molar-refractivity contribution in [2.45, 2.75) is 403 Å². The third-order valence-electron chi connectivity index (χ3n) is 17.6. The Labute approximate surface area is 523 Å². The van der Waals surface area contributed by atoms with Crippen LogP contribution in [-0.2, 0) is 14.3 Å². The number of aliphatic hydroxyl groups is 7. The number of hydrogen-bond donors (Lipinski definition) is 8. The fraction of sp³-hybridized carbons (Fsp3) is 0.878. The number of unbranched alkanes of at least 4 members (excludes halogenated alkanes) is 44. The Balaban J connectivity index is 2.22. The predicted octanol–water partition coefficient (Wildman–Crippen LogP) is 17.9. The van der Waals surface area contributed by atoms with Crippen LogP contribution in [0.4, 0.5) is 0 Å². The summed E-state index contributed by atoms with van der Waals surface area (Å²) in [6.07, 6.45) is 70.6. The molecule has 0 saturated carbocycles. The summed E-state index contributed by atoms with van der Waals surface area (Å²) >= 11 is 0. The molecule has 1 rings (SSSR count). The first-order valence-electron chi connectivity index (χ1n) is 36.5. The predicted molar refractivity (Wildman–Crippen MR) is 358 cm³/mol. The van der Waals surface area contributed by atoms with Gasteiger partial charge in [0.1, 0.15) is 36.6 Å². The summed E-state index contributed by atoms with van der Waals surface area (Å²) in [6, 6.07) is -1.20. The van der Waals surface area contributed by atoms with Gasteiger partial charge in [-0.05, 0) is 89.9 Å². The summed E-state index contributed by atoms with van der Waals surface area (Å²) in [6.45, 7) is 3.49. The fourth-order valence-electron chi connectivity index (χ4n) is 11.7. The van der Waals surface area contributed by atoms with E-state index in [4.69, 9.17) is 9.47 Å². The molecule has 0 aromatic rings. The van der Waals surface area contributed by atoms with E-state index < -0.39 is 74.2 Å². The van der Waals surface area contributed by atoms with Gasteiger partial charge in [0.25, 0.3) is 0 Å². The molecule has 500 valence electrons. The monoisotopic (exact) mass is 1200 g/mol. The number of carbonyl (C=O) groups is 1. The smallest absolute Gasteiger partial charge is 0.249 e. The van der Waals surface area contributed by atoms with Crippen LogP contribution in [0.3, 0.4) is 0 Å². The van der Waals surface area contributed by atoms with Crippen molar-refractivity contribution in [2.24, 2.45) is 0 Å². The van der Waals surface area contributed by atoms with Crippen molar-refractivity contribution in [1.82, 2.24) is 5.32 Å². The molecular formula is C74H139NO10. The zero-order valence-electron chi connectivity index (χ0n) is 55.4. The lowest BCUT2D eigenvalue weighted by Crippen LogP contribution is -2.60. The van der Waals surface area contributed by atoms with E-state index in [1.54, 1.807) is 0 Å². The molecule has 1 fully saturated rings. The molecule has 8 N–H and O–H groups in total. The number of amides is 1. The van der Waals surface area contributed by atoms with Gasteiger partial charge in [0.05, 0.1) is 25.4 Å². The maximum Gasteiger partial charge on any atom is 0.249 e. The number of nitrogens with one attached hydrogen (secondary N) is 1. The van der Waals surface area contributed by atoms with Crippen LogP contribution in [0, 0.1) is 0 Å². The minimum atomic E-state index is -1.68. The highest BCUT2D eigenvalue weighted by atomic mass is 16.7.